The molecule has 0 aromatic heterocycles. The summed E-state index contributed by atoms with van der Waals surface area (Å²) in [5, 5.41) is 0. The van der Waals surface area contributed by atoms with E-state index in [9.17, 15) is 0 Å². The van der Waals surface area contributed by atoms with Crippen molar-refractivity contribution in [3.05, 3.63) is 43.3 Å². The second kappa shape index (κ2) is 4.70. The van der Waals surface area contributed by atoms with Crippen molar-refractivity contribution in [2.75, 3.05) is 14.2 Å². The van der Waals surface area contributed by atoms with Gasteiger partial charge in [0.05, 0.1) is 14.2 Å². The quantitative estimate of drug-likeness (QED) is 0.681. The van der Waals surface area contributed by atoms with Crippen LogP contribution in [0.5, 0.6) is 11.5 Å². The van der Waals surface area contributed by atoms with Crippen LogP contribution in [0.1, 0.15) is 11.5 Å². The molecular formula is C12H15O2. The second-order valence-electron chi connectivity index (χ2n) is 2.95. The summed E-state index contributed by atoms with van der Waals surface area (Å²) < 4.78 is 10.4. The first-order valence-electron chi connectivity index (χ1n) is 4.40. The van der Waals surface area contributed by atoms with Crippen LogP contribution in [0.2, 0.25) is 0 Å². The van der Waals surface area contributed by atoms with Gasteiger partial charge in [-0.25, -0.2) is 0 Å². The highest BCUT2D eigenvalue weighted by molar-refractivity contribution is 5.44. The molecule has 1 rings (SSSR count). The Hall–Kier alpha value is -1.44. The summed E-state index contributed by atoms with van der Waals surface area (Å²) in [5.74, 6) is 1.63. The van der Waals surface area contributed by atoms with Crippen LogP contribution in [-0.4, -0.2) is 14.2 Å². The third-order valence-electron chi connectivity index (χ3n) is 2.12. The zero-order valence-corrected chi connectivity index (χ0v) is 8.62. The van der Waals surface area contributed by atoms with Crippen LogP contribution >= 0.6 is 0 Å². The van der Waals surface area contributed by atoms with Crippen molar-refractivity contribution < 1.29 is 9.47 Å². The van der Waals surface area contributed by atoms with Crippen molar-refractivity contribution in [1.82, 2.24) is 0 Å². The molecule has 75 valence electrons. The first kappa shape index (κ1) is 10.6. The van der Waals surface area contributed by atoms with Crippen molar-refractivity contribution in [2.45, 2.75) is 5.92 Å². The number of rotatable bonds is 4. The average molecular weight is 191 g/mol. The lowest BCUT2D eigenvalue weighted by Gasteiger charge is -2.13. The van der Waals surface area contributed by atoms with Gasteiger partial charge in [0.2, 0.25) is 0 Å². The fourth-order valence-corrected chi connectivity index (χ4v) is 1.26. The van der Waals surface area contributed by atoms with E-state index in [0.29, 0.717) is 0 Å². The second-order valence-corrected chi connectivity index (χ2v) is 2.95. The molecule has 0 aliphatic carbocycles. The molecule has 0 heterocycles. The van der Waals surface area contributed by atoms with E-state index in [1.54, 1.807) is 20.3 Å². The van der Waals surface area contributed by atoms with Crippen molar-refractivity contribution in [3.63, 3.8) is 0 Å². The number of hydrogen-bond acceptors (Lipinski definition) is 2. The Morgan fingerprint density at radius 1 is 1.29 bits per heavy atom. The predicted octanol–water partition coefficient (Wildman–Crippen LogP) is 2.81. The first-order valence-corrected chi connectivity index (χ1v) is 4.40. The fraction of sp³-hybridized carbons (Fsp3) is 0.250. The largest absolute Gasteiger partial charge is 0.497 e. The molecule has 0 spiro atoms. The number of ether oxygens (including phenoxy) is 2. The van der Waals surface area contributed by atoms with Gasteiger partial charge in [-0.2, -0.15) is 0 Å². The van der Waals surface area contributed by atoms with E-state index in [2.05, 4.69) is 13.5 Å². The fourth-order valence-electron chi connectivity index (χ4n) is 1.26. The summed E-state index contributed by atoms with van der Waals surface area (Å²) in [5.41, 5.74) is 0.988. The summed E-state index contributed by atoms with van der Waals surface area (Å²) in [6.07, 6.45) is 1.78. The van der Waals surface area contributed by atoms with Crippen LogP contribution in [0.3, 0.4) is 0 Å². The Labute approximate surface area is 85.2 Å². The van der Waals surface area contributed by atoms with Crippen LogP contribution in [0.4, 0.5) is 0 Å². The SMILES string of the molecule is [CH2]C(C=C)c1cc(OC)ccc1OC. The zero-order valence-electron chi connectivity index (χ0n) is 8.62. The van der Waals surface area contributed by atoms with Crippen molar-refractivity contribution in [3.8, 4) is 11.5 Å². The number of allylic oxidation sites excluding steroid dienone is 1. The van der Waals surface area contributed by atoms with Crippen LogP contribution in [0.25, 0.3) is 0 Å². The highest BCUT2D eigenvalue weighted by atomic mass is 16.5. The van der Waals surface area contributed by atoms with Gasteiger partial charge < -0.3 is 9.47 Å². The minimum Gasteiger partial charge on any atom is -0.497 e. The molecule has 0 aliphatic heterocycles. The summed E-state index contributed by atoms with van der Waals surface area (Å²) in [4.78, 5) is 0. The Kier molecular flexibility index (Phi) is 3.57. The van der Waals surface area contributed by atoms with Crippen molar-refractivity contribution >= 4 is 0 Å². The Morgan fingerprint density at radius 3 is 2.50 bits per heavy atom. The summed E-state index contributed by atoms with van der Waals surface area (Å²) in [6, 6.07) is 5.65. The Bertz CT molecular complexity index is 318. The highest BCUT2D eigenvalue weighted by Crippen LogP contribution is 2.30. The Morgan fingerprint density at radius 2 is 2.00 bits per heavy atom. The molecule has 2 nitrogen and oxygen atoms in total. The van der Waals surface area contributed by atoms with Gasteiger partial charge >= 0.3 is 0 Å². The highest BCUT2D eigenvalue weighted by Gasteiger charge is 2.09. The number of hydrogen-bond donors (Lipinski definition) is 0. The average Bonchev–Trinajstić information content (AvgIpc) is 2.27. The molecule has 2 heteroatoms. The smallest absolute Gasteiger partial charge is 0.122 e. The lowest BCUT2D eigenvalue weighted by Crippen LogP contribution is -1.96. The van der Waals surface area contributed by atoms with Crippen LogP contribution in [-0.2, 0) is 0 Å². The van der Waals surface area contributed by atoms with Gasteiger partial charge in [0.15, 0.2) is 0 Å². The zero-order chi connectivity index (χ0) is 10.6. The lowest BCUT2D eigenvalue weighted by atomic mass is 10.00. The molecule has 0 amide bonds. The maximum atomic E-state index is 5.22. The summed E-state index contributed by atoms with van der Waals surface area (Å²) in [6.45, 7) is 7.67. The van der Waals surface area contributed by atoms with Gasteiger partial charge in [-0.1, -0.05) is 6.08 Å². The van der Waals surface area contributed by atoms with Crippen LogP contribution < -0.4 is 9.47 Å². The van der Waals surface area contributed by atoms with Gasteiger partial charge in [0.1, 0.15) is 11.5 Å². The van der Waals surface area contributed by atoms with E-state index in [0.717, 1.165) is 17.1 Å². The molecule has 0 aliphatic rings. The molecule has 0 N–H and O–H groups in total. The molecule has 1 radical (unpaired) electrons. The molecule has 1 atom stereocenters. The molecule has 0 saturated heterocycles. The summed E-state index contributed by atoms with van der Waals surface area (Å²) in [7, 11) is 3.28. The third-order valence-corrected chi connectivity index (χ3v) is 2.12. The van der Waals surface area contributed by atoms with E-state index in [-0.39, 0.29) is 5.92 Å². The van der Waals surface area contributed by atoms with Gasteiger partial charge in [-0.3, -0.25) is 0 Å². The van der Waals surface area contributed by atoms with Crippen LogP contribution in [0, 0.1) is 6.92 Å². The van der Waals surface area contributed by atoms with Crippen LogP contribution in [0.15, 0.2) is 30.9 Å². The molecule has 0 fully saturated rings. The summed E-state index contributed by atoms with van der Waals surface area (Å²) >= 11 is 0. The number of benzene rings is 1. The van der Waals surface area contributed by atoms with E-state index in [1.165, 1.54) is 0 Å². The van der Waals surface area contributed by atoms with Gasteiger partial charge in [0.25, 0.3) is 0 Å². The topological polar surface area (TPSA) is 18.5 Å². The maximum absolute atomic E-state index is 5.22. The Balaban J connectivity index is 3.14. The molecule has 0 bridgehead atoms. The minimum absolute atomic E-state index is 0.0139. The van der Waals surface area contributed by atoms with E-state index < -0.39 is 0 Å². The van der Waals surface area contributed by atoms with Gasteiger partial charge in [0, 0.05) is 11.5 Å². The number of methoxy groups -OCH3 is 2. The van der Waals surface area contributed by atoms with Crippen molar-refractivity contribution in [2.24, 2.45) is 0 Å². The molecule has 1 aromatic carbocycles. The maximum Gasteiger partial charge on any atom is 0.122 e. The van der Waals surface area contributed by atoms with Gasteiger partial charge in [-0.05, 0) is 25.1 Å². The lowest BCUT2D eigenvalue weighted by molar-refractivity contribution is 0.398. The first-order chi connectivity index (χ1) is 6.72. The molecule has 1 aromatic rings. The third kappa shape index (κ3) is 2.08. The molecule has 0 saturated carbocycles. The molecular weight excluding hydrogens is 176 g/mol. The standard InChI is InChI=1S/C12H15O2/c1-5-9(2)11-8-10(13-3)6-7-12(11)14-4/h5-9H,1-2H2,3-4H3. The normalized spacial score (nSPS) is 11.9. The van der Waals surface area contributed by atoms with E-state index in [4.69, 9.17) is 9.47 Å². The minimum atomic E-state index is 0.0139. The van der Waals surface area contributed by atoms with Gasteiger partial charge in [-0.15, -0.1) is 6.58 Å². The van der Waals surface area contributed by atoms with E-state index >= 15 is 0 Å². The van der Waals surface area contributed by atoms with E-state index in [1.807, 2.05) is 18.2 Å². The van der Waals surface area contributed by atoms with Crippen molar-refractivity contribution in [1.29, 1.82) is 0 Å². The monoisotopic (exact) mass is 191 g/mol. The predicted molar refractivity (Wildman–Crippen MR) is 57.8 cm³/mol. The molecule has 14 heavy (non-hydrogen) atoms. The molecule has 1 unspecified atom stereocenters.